The summed E-state index contributed by atoms with van der Waals surface area (Å²) >= 11 is 0. The van der Waals surface area contributed by atoms with Crippen LogP contribution in [0, 0.1) is 11.8 Å². The summed E-state index contributed by atoms with van der Waals surface area (Å²) in [7, 11) is 0. The van der Waals surface area contributed by atoms with Gasteiger partial charge in [-0.05, 0) is 31.6 Å². The monoisotopic (exact) mass is 182 g/mol. The summed E-state index contributed by atoms with van der Waals surface area (Å²) in [5.74, 6) is -1.41. The third-order valence-corrected chi connectivity index (χ3v) is 2.60. The van der Waals surface area contributed by atoms with Crippen LogP contribution >= 0.6 is 0 Å². The second-order valence-corrected chi connectivity index (χ2v) is 3.38. The molecule has 1 aliphatic carbocycles. The van der Waals surface area contributed by atoms with Gasteiger partial charge in [0, 0.05) is 2.74 Å². The molecule has 0 aromatic heterocycles. The molecule has 0 N–H and O–H groups in total. The standard InChI is InChI=1S/C9H15F3/c1-2-7-3-5-8(6-4-7)9(10,11)12/h7-8H,2-6H2,1H3/i2D2. The Morgan fingerprint density at radius 1 is 1.25 bits per heavy atom. The highest BCUT2D eigenvalue weighted by atomic mass is 19.4. The van der Waals surface area contributed by atoms with Gasteiger partial charge in [0.2, 0.25) is 0 Å². The molecule has 0 aliphatic heterocycles. The van der Waals surface area contributed by atoms with Gasteiger partial charge in [0.25, 0.3) is 0 Å². The first-order chi connectivity index (χ1) is 6.21. The summed E-state index contributed by atoms with van der Waals surface area (Å²) in [6.07, 6.45) is -4.55. The molecule has 0 atom stereocenters. The Morgan fingerprint density at radius 3 is 2.08 bits per heavy atom. The second-order valence-electron chi connectivity index (χ2n) is 3.38. The number of hydrogen-bond acceptors (Lipinski definition) is 0. The normalized spacial score (nSPS) is 35.7. The Kier molecular flexibility index (Phi) is 2.21. The molecule has 72 valence electrons. The smallest absolute Gasteiger partial charge is 0.171 e. The third kappa shape index (κ3) is 2.39. The molecule has 0 radical (unpaired) electrons. The average molecular weight is 182 g/mol. The van der Waals surface area contributed by atoms with Gasteiger partial charge in [0.05, 0.1) is 5.92 Å². The van der Waals surface area contributed by atoms with Crippen LogP contribution in [0.4, 0.5) is 13.2 Å². The second kappa shape index (κ2) is 3.67. The van der Waals surface area contributed by atoms with Crippen molar-refractivity contribution in [3.63, 3.8) is 0 Å². The Hall–Kier alpha value is -0.210. The summed E-state index contributed by atoms with van der Waals surface area (Å²) in [5, 5.41) is 0. The highest BCUT2D eigenvalue weighted by Crippen LogP contribution is 2.40. The zero-order valence-corrected chi connectivity index (χ0v) is 7.12. The predicted molar refractivity (Wildman–Crippen MR) is 41.8 cm³/mol. The van der Waals surface area contributed by atoms with Crippen LogP contribution in [0.5, 0.6) is 0 Å². The maximum atomic E-state index is 12.3. The van der Waals surface area contributed by atoms with Gasteiger partial charge in [-0.3, -0.25) is 0 Å². The van der Waals surface area contributed by atoms with Crippen LogP contribution in [0.2, 0.25) is 0 Å². The molecule has 1 aliphatic rings. The molecule has 1 saturated carbocycles. The fourth-order valence-electron chi connectivity index (χ4n) is 1.71. The molecule has 0 amide bonds. The van der Waals surface area contributed by atoms with Gasteiger partial charge >= 0.3 is 6.18 Å². The average Bonchev–Trinajstić information content (AvgIpc) is 2.01. The van der Waals surface area contributed by atoms with E-state index >= 15 is 0 Å². The molecule has 12 heavy (non-hydrogen) atoms. The maximum absolute atomic E-state index is 12.3. The highest BCUT2D eigenvalue weighted by Gasteiger charge is 2.40. The Labute approximate surface area is 74.0 Å². The van der Waals surface area contributed by atoms with Crippen molar-refractivity contribution in [3.8, 4) is 0 Å². The lowest BCUT2D eigenvalue weighted by Crippen LogP contribution is -2.27. The van der Waals surface area contributed by atoms with Crippen molar-refractivity contribution < 1.29 is 15.9 Å². The van der Waals surface area contributed by atoms with Crippen molar-refractivity contribution in [2.24, 2.45) is 11.8 Å². The van der Waals surface area contributed by atoms with E-state index < -0.39 is 18.5 Å². The van der Waals surface area contributed by atoms with Gasteiger partial charge in [-0.2, -0.15) is 13.2 Å². The van der Waals surface area contributed by atoms with Crippen molar-refractivity contribution in [1.29, 1.82) is 0 Å². The van der Waals surface area contributed by atoms with Crippen LogP contribution in [-0.2, 0) is 0 Å². The summed E-state index contributed by atoms with van der Waals surface area (Å²) in [6, 6.07) is 0. The zero-order chi connectivity index (χ0) is 11.0. The number of hydrogen-bond donors (Lipinski definition) is 0. The van der Waals surface area contributed by atoms with Crippen molar-refractivity contribution in [2.75, 3.05) is 0 Å². The van der Waals surface area contributed by atoms with Gasteiger partial charge in [0.15, 0.2) is 0 Å². The van der Waals surface area contributed by atoms with Crippen LogP contribution in [0.1, 0.15) is 41.7 Å². The minimum atomic E-state index is -4.09. The summed E-state index contributed by atoms with van der Waals surface area (Å²) in [4.78, 5) is 0. The van der Waals surface area contributed by atoms with Crippen molar-refractivity contribution in [3.05, 3.63) is 0 Å². The topological polar surface area (TPSA) is 0 Å². The van der Waals surface area contributed by atoms with Crippen LogP contribution in [0.25, 0.3) is 0 Å². The van der Waals surface area contributed by atoms with E-state index in [1.54, 1.807) is 0 Å². The molecule has 0 aromatic rings. The van der Waals surface area contributed by atoms with Crippen LogP contribution in [-0.4, -0.2) is 6.18 Å². The lowest BCUT2D eigenvalue weighted by Gasteiger charge is -2.29. The molecule has 0 nitrogen and oxygen atoms in total. The Bertz CT molecular complexity index is 165. The zero-order valence-electron chi connectivity index (χ0n) is 9.12. The van der Waals surface area contributed by atoms with E-state index in [0.29, 0.717) is 12.8 Å². The third-order valence-electron chi connectivity index (χ3n) is 2.60. The largest absolute Gasteiger partial charge is 0.391 e. The van der Waals surface area contributed by atoms with E-state index in [1.807, 2.05) is 0 Å². The van der Waals surface area contributed by atoms with E-state index in [0.717, 1.165) is 0 Å². The first-order valence-electron chi connectivity index (χ1n) is 5.28. The number of rotatable bonds is 1. The van der Waals surface area contributed by atoms with Crippen LogP contribution < -0.4 is 0 Å². The SMILES string of the molecule is [2H]C([2H])(C)C1CCC(C(F)(F)F)CC1. The van der Waals surface area contributed by atoms with E-state index in [-0.39, 0.29) is 18.8 Å². The van der Waals surface area contributed by atoms with Crippen LogP contribution in [0.3, 0.4) is 0 Å². The molecule has 1 fully saturated rings. The fourth-order valence-corrected chi connectivity index (χ4v) is 1.71. The summed E-state index contributed by atoms with van der Waals surface area (Å²) in [5.41, 5.74) is 0. The van der Waals surface area contributed by atoms with Gasteiger partial charge in [-0.1, -0.05) is 13.3 Å². The lowest BCUT2D eigenvalue weighted by atomic mass is 9.80. The quantitative estimate of drug-likeness (QED) is 0.579. The minimum absolute atomic E-state index is 0.0848. The number of halogens is 3. The van der Waals surface area contributed by atoms with Gasteiger partial charge < -0.3 is 0 Å². The molecule has 1 rings (SSSR count). The van der Waals surface area contributed by atoms with Crippen molar-refractivity contribution >= 4 is 0 Å². The number of alkyl halides is 3. The van der Waals surface area contributed by atoms with Gasteiger partial charge in [-0.25, -0.2) is 0 Å². The lowest BCUT2D eigenvalue weighted by molar-refractivity contribution is -0.183. The summed E-state index contributed by atoms with van der Waals surface area (Å²) < 4.78 is 51.7. The molecular formula is C9H15F3. The molecule has 3 heteroatoms. The van der Waals surface area contributed by atoms with E-state index in [9.17, 15) is 13.2 Å². The highest BCUT2D eigenvalue weighted by molar-refractivity contribution is 4.76. The first kappa shape index (κ1) is 7.22. The van der Waals surface area contributed by atoms with E-state index in [1.165, 1.54) is 6.92 Å². The van der Waals surface area contributed by atoms with Gasteiger partial charge in [0.1, 0.15) is 0 Å². The molecule has 0 saturated heterocycles. The van der Waals surface area contributed by atoms with Gasteiger partial charge in [-0.15, -0.1) is 0 Å². The molecule has 0 spiro atoms. The Balaban J connectivity index is 2.47. The van der Waals surface area contributed by atoms with Crippen molar-refractivity contribution in [2.45, 2.75) is 45.2 Å². The molecular weight excluding hydrogens is 165 g/mol. The maximum Gasteiger partial charge on any atom is 0.391 e. The Morgan fingerprint density at radius 2 is 1.75 bits per heavy atom. The van der Waals surface area contributed by atoms with E-state index in [4.69, 9.17) is 2.74 Å². The molecule has 0 heterocycles. The predicted octanol–water partition coefficient (Wildman–Crippen LogP) is 3.77. The first-order valence-corrected chi connectivity index (χ1v) is 4.28. The minimum Gasteiger partial charge on any atom is -0.171 e. The fraction of sp³-hybridized carbons (Fsp3) is 1.00. The molecule has 0 unspecified atom stereocenters. The molecule has 0 bridgehead atoms. The van der Waals surface area contributed by atoms with Crippen molar-refractivity contribution in [1.82, 2.24) is 0 Å². The van der Waals surface area contributed by atoms with Crippen LogP contribution in [0.15, 0.2) is 0 Å². The van der Waals surface area contributed by atoms with E-state index in [2.05, 4.69) is 0 Å². The summed E-state index contributed by atoms with van der Waals surface area (Å²) in [6.45, 7) is 1.45. The molecule has 0 aromatic carbocycles.